The summed E-state index contributed by atoms with van der Waals surface area (Å²) in [5, 5.41) is 18.4. The molecule has 9 heteroatoms. The Morgan fingerprint density at radius 1 is 1.23 bits per heavy atom. The summed E-state index contributed by atoms with van der Waals surface area (Å²) in [6.45, 7) is 7.34. The number of ether oxygens (including phenoxy) is 1. The summed E-state index contributed by atoms with van der Waals surface area (Å²) in [7, 11) is 0. The second kappa shape index (κ2) is 8.66. The van der Waals surface area contributed by atoms with Crippen LogP contribution < -0.4 is 10.1 Å². The van der Waals surface area contributed by atoms with Gasteiger partial charge in [-0.15, -0.1) is 0 Å². The number of aromatic nitrogens is 2. The molecule has 0 aliphatic heterocycles. The molecule has 0 aliphatic carbocycles. The van der Waals surface area contributed by atoms with Crippen molar-refractivity contribution in [2.75, 3.05) is 5.32 Å². The highest BCUT2D eigenvalue weighted by Crippen LogP contribution is 2.32. The molecule has 0 aliphatic rings. The summed E-state index contributed by atoms with van der Waals surface area (Å²) >= 11 is 3.37. The van der Waals surface area contributed by atoms with E-state index in [1.54, 1.807) is 19.2 Å². The molecule has 1 unspecified atom stereocenters. The highest BCUT2D eigenvalue weighted by molar-refractivity contribution is 9.10. The van der Waals surface area contributed by atoms with Crippen LogP contribution in [0, 0.1) is 30.9 Å². The molecule has 0 bridgehead atoms. The number of aryl methyl sites for hydroxylation is 3. The molecular weight excluding hydrogens is 452 g/mol. The van der Waals surface area contributed by atoms with Gasteiger partial charge in [0.1, 0.15) is 17.5 Å². The molecule has 3 aromatic rings. The molecule has 8 nitrogen and oxygen atoms in total. The van der Waals surface area contributed by atoms with Crippen molar-refractivity contribution < 1.29 is 14.5 Å². The topological polar surface area (TPSA) is 99.3 Å². The lowest BCUT2D eigenvalue weighted by molar-refractivity contribution is -0.384. The van der Waals surface area contributed by atoms with Crippen LogP contribution in [0.4, 0.5) is 11.4 Å². The van der Waals surface area contributed by atoms with Crippen LogP contribution in [0.3, 0.4) is 0 Å². The van der Waals surface area contributed by atoms with Gasteiger partial charge in [0.25, 0.3) is 5.69 Å². The fourth-order valence-electron chi connectivity index (χ4n) is 2.79. The first kappa shape index (κ1) is 21.5. The fraction of sp³-hybridized carbons (Fsp3) is 0.238. The van der Waals surface area contributed by atoms with E-state index in [1.807, 2.05) is 39.0 Å². The Morgan fingerprint density at radius 3 is 2.60 bits per heavy atom. The van der Waals surface area contributed by atoms with Gasteiger partial charge in [-0.25, -0.2) is 0 Å². The van der Waals surface area contributed by atoms with Crippen LogP contribution in [0.15, 0.2) is 47.1 Å². The fourth-order valence-corrected chi connectivity index (χ4v) is 3.08. The molecule has 30 heavy (non-hydrogen) atoms. The van der Waals surface area contributed by atoms with Crippen molar-refractivity contribution in [3.8, 4) is 11.5 Å². The second-order valence-corrected chi connectivity index (χ2v) is 7.91. The number of nitro groups is 1. The molecule has 2 aromatic carbocycles. The molecule has 0 radical (unpaired) electrons. The number of anilines is 1. The smallest absolute Gasteiger partial charge is 0.275 e. The number of rotatable bonds is 6. The van der Waals surface area contributed by atoms with Crippen LogP contribution in [0.1, 0.15) is 29.8 Å². The minimum absolute atomic E-state index is 0.182. The predicted octanol–water partition coefficient (Wildman–Crippen LogP) is 5.47. The average Bonchev–Trinajstić information content (AvgIpc) is 3.02. The molecule has 1 heterocycles. The first-order valence-electron chi connectivity index (χ1n) is 9.20. The van der Waals surface area contributed by atoms with Crippen molar-refractivity contribution in [1.29, 1.82) is 0 Å². The van der Waals surface area contributed by atoms with Crippen LogP contribution in [0.25, 0.3) is 0 Å². The van der Waals surface area contributed by atoms with E-state index in [4.69, 9.17) is 4.74 Å². The van der Waals surface area contributed by atoms with Gasteiger partial charge >= 0.3 is 0 Å². The summed E-state index contributed by atoms with van der Waals surface area (Å²) in [5.74, 6) is 0.500. The average molecular weight is 473 g/mol. The standard InChI is InChI=1S/C21H21BrN4O4/c1-12-5-6-13(2)20(7-12)30-18-9-16(8-17(10-18)26(28)29)23-21(27)15(4)25-11-19(22)14(3)24-25/h5-11,15H,1-4H3,(H,23,27). The van der Waals surface area contributed by atoms with E-state index in [1.165, 1.54) is 16.8 Å². The Kier molecular flexibility index (Phi) is 6.21. The van der Waals surface area contributed by atoms with Crippen molar-refractivity contribution in [2.24, 2.45) is 0 Å². The first-order valence-corrected chi connectivity index (χ1v) is 10.00. The SMILES string of the molecule is Cc1ccc(C)c(Oc2cc(NC(=O)C(C)n3cc(Br)c(C)n3)cc([N+](=O)[O-])c2)c1. The van der Waals surface area contributed by atoms with E-state index >= 15 is 0 Å². The zero-order valence-electron chi connectivity index (χ0n) is 17.0. The summed E-state index contributed by atoms with van der Waals surface area (Å²) in [5.41, 5.74) is 2.74. The lowest BCUT2D eigenvalue weighted by atomic mass is 10.1. The third kappa shape index (κ3) is 4.85. The summed E-state index contributed by atoms with van der Waals surface area (Å²) < 4.78 is 8.21. The quantitative estimate of drug-likeness (QED) is 0.378. The lowest BCUT2D eigenvalue weighted by Gasteiger charge is -2.14. The van der Waals surface area contributed by atoms with Crippen LogP contribution >= 0.6 is 15.9 Å². The second-order valence-electron chi connectivity index (χ2n) is 7.05. The maximum Gasteiger partial charge on any atom is 0.275 e. The molecule has 1 N–H and O–H groups in total. The van der Waals surface area contributed by atoms with Crippen molar-refractivity contribution in [3.63, 3.8) is 0 Å². The van der Waals surface area contributed by atoms with Gasteiger partial charge in [-0.3, -0.25) is 19.6 Å². The van der Waals surface area contributed by atoms with E-state index in [2.05, 4.69) is 26.3 Å². The van der Waals surface area contributed by atoms with E-state index in [0.717, 1.165) is 21.3 Å². The number of amides is 1. The van der Waals surface area contributed by atoms with Gasteiger partial charge in [0.2, 0.25) is 5.91 Å². The molecule has 156 valence electrons. The van der Waals surface area contributed by atoms with Gasteiger partial charge in [-0.05, 0) is 60.8 Å². The third-order valence-corrected chi connectivity index (χ3v) is 5.35. The van der Waals surface area contributed by atoms with Gasteiger partial charge in [-0.1, -0.05) is 12.1 Å². The van der Waals surface area contributed by atoms with Gasteiger partial charge < -0.3 is 10.1 Å². The molecular formula is C21H21BrN4O4. The van der Waals surface area contributed by atoms with E-state index in [0.29, 0.717) is 5.75 Å². The van der Waals surface area contributed by atoms with Crippen molar-refractivity contribution >= 4 is 33.2 Å². The number of non-ortho nitro benzene ring substituents is 1. The Morgan fingerprint density at radius 2 is 1.97 bits per heavy atom. The first-order chi connectivity index (χ1) is 14.1. The van der Waals surface area contributed by atoms with Crippen molar-refractivity contribution in [2.45, 2.75) is 33.7 Å². The molecule has 0 spiro atoms. The molecule has 1 aromatic heterocycles. The minimum atomic E-state index is -0.613. The maximum atomic E-state index is 12.7. The lowest BCUT2D eigenvalue weighted by Crippen LogP contribution is -2.24. The monoisotopic (exact) mass is 472 g/mol. The number of hydrogen-bond acceptors (Lipinski definition) is 5. The van der Waals surface area contributed by atoms with Crippen LogP contribution in [0.2, 0.25) is 0 Å². The Balaban J connectivity index is 1.87. The number of carbonyl (C=O) groups is 1. The zero-order valence-corrected chi connectivity index (χ0v) is 18.6. The van der Waals surface area contributed by atoms with E-state index in [9.17, 15) is 14.9 Å². The third-order valence-electron chi connectivity index (χ3n) is 4.57. The predicted molar refractivity (Wildman–Crippen MR) is 117 cm³/mol. The number of nitrogens with one attached hydrogen (secondary N) is 1. The number of nitro benzene ring substituents is 1. The number of benzene rings is 2. The number of halogens is 1. The highest BCUT2D eigenvalue weighted by Gasteiger charge is 2.19. The largest absolute Gasteiger partial charge is 0.457 e. The zero-order chi connectivity index (χ0) is 22.0. The van der Waals surface area contributed by atoms with Crippen LogP contribution in [0.5, 0.6) is 11.5 Å². The van der Waals surface area contributed by atoms with E-state index < -0.39 is 11.0 Å². The van der Waals surface area contributed by atoms with Crippen LogP contribution in [-0.4, -0.2) is 20.6 Å². The Hall–Kier alpha value is -3.20. The van der Waals surface area contributed by atoms with Crippen molar-refractivity contribution in [1.82, 2.24) is 9.78 Å². The maximum absolute atomic E-state index is 12.7. The summed E-state index contributed by atoms with van der Waals surface area (Å²) in [6, 6.07) is 9.29. The molecule has 1 amide bonds. The Bertz CT molecular complexity index is 1110. The highest BCUT2D eigenvalue weighted by atomic mass is 79.9. The van der Waals surface area contributed by atoms with Gasteiger partial charge in [0, 0.05) is 18.3 Å². The van der Waals surface area contributed by atoms with Crippen LogP contribution in [-0.2, 0) is 4.79 Å². The number of carbonyl (C=O) groups excluding carboxylic acids is 1. The summed E-state index contributed by atoms with van der Waals surface area (Å²) in [4.78, 5) is 23.5. The van der Waals surface area contributed by atoms with Gasteiger partial charge in [-0.2, -0.15) is 5.10 Å². The number of nitrogens with zero attached hydrogens (tertiary/aromatic N) is 3. The summed E-state index contributed by atoms with van der Waals surface area (Å²) in [6.07, 6.45) is 1.71. The normalized spacial score (nSPS) is 11.8. The molecule has 0 fully saturated rings. The van der Waals surface area contributed by atoms with E-state index in [-0.39, 0.29) is 23.0 Å². The van der Waals surface area contributed by atoms with Gasteiger partial charge in [0.05, 0.1) is 26.8 Å². The minimum Gasteiger partial charge on any atom is -0.457 e. The number of hydrogen-bond donors (Lipinski definition) is 1. The van der Waals surface area contributed by atoms with Gasteiger partial charge in [0.15, 0.2) is 0 Å². The molecule has 1 atom stereocenters. The molecule has 3 rings (SSSR count). The van der Waals surface area contributed by atoms with Crippen molar-refractivity contribution in [3.05, 3.63) is 74.0 Å². The Labute approximate surface area is 182 Å². The molecule has 0 saturated heterocycles. The molecule has 0 saturated carbocycles.